The number of β-amino-alcohol motifs (C(OH)–C–C–N with tert-alkyl or cyclic N) is 1. The van der Waals surface area contributed by atoms with Gasteiger partial charge in [0.2, 0.25) is 5.91 Å². The smallest absolute Gasteiger partial charge is 0.227 e. The lowest BCUT2D eigenvalue weighted by molar-refractivity contribution is -0.132. The molecule has 1 aromatic rings. The molecule has 0 aliphatic carbocycles. The van der Waals surface area contributed by atoms with Crippen LogP contribution in [0, 0.1) is 6.92 Å². The van der Waals surface area contributed by atoms with E-state index in [0.29, 0.717) is 13.0 Å². The summed E-state index contributed by atoms with van der Waals surface area (Å²) in [5.41, 5.74) is 1.70. The summed E-state index contributed by atoms with van der Waals surface area (Å²) < 4.78 is 0. The van der Waals surface area contributed by atoms with Gasteiger partial charge in [0.05, 0.1) is 12.0 Å². The van der Waals surface area contributed by atoms with E-state index in [2.05, 4.69) is 17.9 Å². The topological polar surface area (TPSA) is 43.8 Å². The van der Waals surface area contributed by atoms with Crippen molar-refractivity contribution >= 4 is 5.91 Å². The molecule has 0 unspecified atom stereocenters. The minimum Gasteiger partial charge on any atom is -0.389 e. The highest BCUT2D eigenvalue weighted by Crippen LogP contribution is 2.18. The highest BCUT2D eigenvalue weighted by atomic mass is 16.3. The molecule has 4 heteroatoms. The summed E-state index contributed by atoms with van der Waals surface area (Å²) in [6.07, 6.45) is 2.03. The van der Waals surface area contributed by atoms with Crippen LogP contribution in [0.5, 0.6) is 0 Å². The van der Waals surface area contributed by atoms with Crippen LogP contribution in [0.1, 0.15) is 37.8 Å². The zero-order chi connectivity index (χ0) is 16.9. The Hall–Kier alpha value is -1.39. The summed E-state index contributed by atoms with van der Waals surface area (Å²) in [4.78, 5) is 16.7. The Morgan fingerprint density at radius 1 is 1.13 bits per heavy atom. The molecule has 0 aromatic heterocycles. The summed E-state index contributed by atoms with van der Waals surface area (Å²) in [5, 5.41) is 10.5. The first-order valence-corrected chi connectivity index (χ1v) is 8.74. The zero-order valence-corrected chi connectivity index (χ0v) is 14.7. The first kappa shape index (κ1) is 18.0. The molecule has 0 saturated carbocycles. The number of aliphatic hydroxyl groups is 1. The number of carbonyl (C=O) groups excluding carboxylic acids is 1. The molecule has 1 heterocycles. The van der Waals surface area contributed by atoms with Crippen LogP contribution in [0.2, 0.25) is 0 Å². The lowest BCUT2D eigenvalue weighted by atomic mass is 9.96. The van der Waals surface area contributed by atoms with Crippen molar-refractivity contribution in [1.82, 2.24) is 9.80 Å². The van der Waals surface area contributed by atoms with E-state index < -0.39 is 5.60 Å². The average molecular weight is 318 g/mol. The van der Waals surface area contributed by atoms with Gasteiger partial charge in [-0.2, -0.15) is 0 Å². The van der Waals surface area contributed by atoms with Crippen molar-refractivity contribution in [3.8, 4) is 0 Å². The van der Waals surface area contributed by atoms with Gasteiger partial charge in [0.1, 0.15) is 0 Å². The number of piperazine rings is 1. The van der Waals surface area contributed by atoms with Crippen LogP contribution in [0.4, 0.5) is 0 Å². The maximum Gasteiger partial charge on any atom is 0.227 e. The third kappa shape index (κ3) is 4.79. The number of rotatable bonds is 6. The van der Waals surface area contributed by atoms with Crippen LogP contribution < -0.4 is 0 Å². The lowest BCUT2D eigenvalue weighted by Gasteiger charge is -2.39. The van der Waals surface area contributed by atoms with Gasteiger partial charge in [0, 0.05) is 32.7 Å². The van der Waals surface area contributed by atoms with E-state index in [9.17, 15) is 9.90 Å². The van der Waals surface area contributed by atoms with Crippen LogP contribution >= 0.6 is 0 Å². The Morgan fingerprint density at radius 2 is 1.74 bits per heavy atom. The quantitative estimate of drug-likeness (QED) is 0.875. The van der Waals surface area contributed by atoms with Crippen LogP contribution in [0.15, 0.2) is 24.3 Å². The second kappa shape index (κ2) is 7.93. The van der Waals surface area contributed by atoms with Gasteiger partial charge in [-0.3, -0.25) is 9.69 Å². The molecule has 1 aromatic carbocycles. The molecule has 1 N–H and O–H groups in total. The van der Waals surface area contributed by atoms with Gasteiger partial charge in [0.25, 0.3) is 0 Å². The van der Waals surface area contributed by atoms with Gasteiger partial charge < -0.3 is 10.0 Å². The SMILES string of the molecule is CCC(O)(CC)CN1CCN(C(=O)Cc2ccccc2C)CC1. The van der Waals surface area contributed by atoms with Crippen molar-refractivity contribution in [2.75, 3.05) is 32.7 Å². The molecule has 2 rings (SSSR count). The number of aryl methyl sites for hydroxylation is 1. The molecule has 0 spiro atoms. The molecule has 0 bridgehead atoms. The Bertz CT molecular complexity index is 518. The Labute approximate surface area is 140 Å². The van der Waals surface area contributed by atoms with Crippen LogP contribution in [-0.2, 0) is 11.2 Å². The van der Waals surface area contributed by atoms with Crippen LogP contribution in [-0.4, -0.2) is 59.1 Å². The second-order valence-corrected chi connectivity index (χ2v) is 6.69. The molecule has 1 aliphatic rings. The highest BCUT2D eigenvalue weighted by Gasteiger charge is 2.28. The highest BCUT2D eigenvalue weighted by molar-refractivity contribution is 5.79. The molecule has 0 radical (unpaired) electrons. The Balaban J connectivity index is 1.84. The van der Waals surface area contributed by atoms with Gasteiger partial charge in [0.15, 0.2) is 0 Å². The van der Waals surface area contributed by atoms with Crippen molar-refractivity contribution in [2.24, 2.45) is 0 Å². The largest absolute Gasteiger partial charge is 0.389 e. The normalized spacial score (nSPS) is 16.6. The molecule has 1 amide bonds. The minimum absolute atomic E-state index is 0.209. The number of nitrogens with zero attached hydrogens (tertiary/aromatic N) is 2. The molecule has 128 valence electrons. The molecule has 1 aliphatic heterocycles. The van der Waals surface area contributed by atoms with E-state index in [1.165, 1.54) is 5.56 Å². The van der Waals surface area contributed by atoms with Crippen molar-refractivity contribution in [2.45, 2.75) is 45.6 Å². The van der Waals surface area contributed by atoms with E-state index >= 15 is 0 Å². The summed E-state index contributed by atoms with van der Waals surface area (Å²) in [6, 6.07) is 8.08. The van der Waals surface area contributed by atoms with Gasteiger partial charge in [-0.05, 0) is 30.9 Å². The fourth-order valence-electron chi connectivity index (χ4n) is 3.13. The van der Waals surface area contributed by atoms with E-state index in [1.807, 2.05) is 36.9 Å². The summed E-state index contributed by atoms with van der Waals surface area (Å²) in [7, 11) is 0. The number of hydrogen-bond donors (Lipinski definition) is 1. The van der Waals surface area contributed by atoms with Gasteiger partial charge >= 0.3 is 0 Å². The van der Waals surface area contributed by atoms with Crippen molar-refractivity contribution < 1.29 is 9.90 Å². The number of carbonyl (C=O) groups is 1. The maximum atomic E-state index is 12.5. The first-order chi connectivity index (χ1) is 11.0. The van der Waals surface area contributed by atoms with E-state index in [0.717, 1.165) is 44.6 Å². The molecular weight excluding hydrogens is 288 g/mol. The average Bonchev–Trinajstić information content (AvgIpc) is 2.57. The molecule has 0 atom stereocenters. The van der Waals surface area contributed by atoms with E-state index in [4.69, 9.17) is 0 Å². The van der Waals surface area contributed by atoms with Gasteiger partial charge in [-0.15, -0.1) is 0 Å². The summed E-state index contributed by atoms with van der Waals surface area (Å²) >= 11 is 0. The first-order valence-electron chi connectivity index (χ1n) is 8.74. The number of amides is 1. The minimum atomic E-state index is -0.590. The number of benzene rings is 1. The molecule has 23 heavy (non-hydrogen) atoms. The molecule has 1 fully saturated rings. The summed E-state index contributed by atoms with van der Waals surface area (Å²) in [6.45, 7) is 10.0. The van der Waals surface area contributed by atoms with Crippen molar-refractivity contribution in [3.63, 3.8) is 0 Å². The van der Waals surface area contributed by atoms with E-state index in [1.54, 1.807) is 0 Å². The second-order valence-electron chi connectivity index (χ2n) is 6.69. The Morgan fingerprint density at radius 3 is 2.30 bits per heavy atom. The fourth-order valence-corrected chi connectivity index (χ4v) is 3.13. The maximum absolute atomic E-state index is 12.5. The Kier molecular flexibility index (Phi) is 6.19. The van der Waals surface area contributed by atoms with Crippen LogP contribution in [0.25, 0.3) is 0 Å². The zero-order valence-electron chi connectivity index (χ0n) is 14.7. The molecule has 4 nitrogen and oxygen atoms in total. The predicted octanol–water partition coefficient (Wildman–Crippen LogP) is 2.23. The molecule has 1 saturated heterocycles. The lowest BCUT2D eigenvalue weighted by Crippen LogP contribution is -2.53. The standard InChI is InChI=1S/C19H30N2O2/c1-4-19(23,5-2)15-20-10-12-21(13-11-20)18(22)14-17-9-7-6-8-16(17)3/h6-9,23H,4-5,10-15H2,1-3H3. The summed E-state index contributed by atoms with van der Waals surface area (Å²) in [5.74, 6) is 0.209. The van der Waals surface area contributed by atoms with Crippen molar-refractivity contribution in [1.29, 1.82) is 0 Å². The third-order valence-electron chi connectivity index (χ3n) is 5.16. The van der Waals surface area contributed by atoms with Gasteiger partial charge in [-0.25, -0.2) is 0 Å². The monoisotopic (exact) mass is 318 g/mol. The van der Waals surface area contributed by atoms with Crippen LogP contribution in [0.3, 0.4) is 0 Å². The number of hydrogen-bond acceptors (Lipinski definition) is 3. The molecular formula is C19H30N2O2. The fraction of sp³-hybridized carbons (Fsp3) is 0.632. The van der Waals surface area contributed by atoms with E-state index in [-0.39, 0.29) is 5.91 Å². The van der Waals surface area contributed by atoms with Gasteiger partial charge in [-0.1, -0.05) is 38.1 Å². The predicted molar refractivity (Wildman–Crippen MR) is 93.4 cm³/mol. The van der Waals surface area contributed by atoms with Crippen molar-refractivity contribution in [3.05, 3.63) is 35.4 Å². The third-order valence-corrected chi connectivity index (χ3v) is 5.16.